The number of amides is 1. The predicted molar refractivity (Wildman–Crippen MR) is 169 cm³/mol. The van der Waals surface area contributed by atoms with Gasteiger partial charge in [-0.3, -0.25) is 0 Å². The van der Waals surface area contributed by atoms with Crippen LogP contribution in [0.1, 0.15) is 77.3 Å². The first-order valence-corrected chi connectivity index (χ1v) is 16.2. The minimum Gasteiger partial charge on any atom is -0.444 e. The number of aliphatic hydroxyl groups is 1. The molecule has 40 heavy (non-hydrogen) atoms. The molecule has 0 radical (unpaired) electrons. The van der Waals surface area contributed by atoms with Crippen LogP contribution in [0.3, 0.4) is 0 Å². The Kier molecular flexibility index (Phi) is 8.58. The maximum atomic E-state index is 12.4. The maximum Gasteiger partial charge on any atom is 0.410 e. The van der Waals surface area contributed by atoms with Crippen LogP contribution in [0.25, 0.3) is 20.2 Å². The summed E-state index contributed by atoms with van der Waals surface area (Å²) in [5, 5.41) is 21.7. The molecule has 2 aromatic carbocycles. The van der Waals surface area contributed by atoms with Gasteiger partial charge in [-0.15, -0.1) is 22.7 Å². The van der Waals surface area contributed by atoms with Crippen LogP contribution < -0.4 is 5.32 Å². The fourth-order valence-corrected chi connectivity index (χ4v) is 7.88. The number of piperidine rings is 2. The predicted octanol–water partition coefficient (Wildman–Crippen LogP) is 8.27. The molecule has 2 N–H and O–H groups in total. The summed E-state index contributed by atoms with van der Waals surface area (Å²) < 4.78 is 8.10. The Morgan fingerprint density at radius 2 is 1.70 bits per heavy atom. The molecule has 2 fully saturated rings. The van der Waals surface area contributed by atoms with Crippen LogP contribution in [0.4, 0.5) is 4.79 Å². The van der Waals surface area contributed by atoms with Gasteiger partial charge in [-0.1, -0.05) is 24.3 Å². The lowest BCUT2D eigenvalue weighted by Gasteiger charge is -2.43. The van der Waals surface area contributed by atoms with E-state index in [0.29, 0.717) is 25.4 Å². The van der Waals surface area contributed by atoms with E-state index >= 15 is 0 Å². The van der Waals surface area contributed by atoms with E-state index in [0.717, 1.165) is 23.4 Å². The molecule has 4 unspecified atom stereocenters. The topological polar surface area (TPSA) is 61.8 Å². The van der Waals surface area contributed by atoms with Crippen molar-refractivity contribution in [2.75, 3.05) is 13.1 Å². The molecule has 7 heteroatoms. The summed E-state index contributed by atoms with van der Waals surface area (Å²) in [6, 6.07) is 17.8. The van der Waals surface area contributed by atoms with E-state index in [2.05, 4.69) is 59.4 Å². The molecule has 0 aliphatic carbocycles. The summed E-state index contributed by atoms with van der Waals surface area (Å²) >= 11 is 3.53. The number of nitrogens with one attached hydrogen (secondary N) is 1. The number of nitrogens with zero attached hydrogens (tertiary/aromatic N) is 1. The monoisotopic (exact) mass is 578 g/mol. The summed E-state index contributed by atoms with van der Waals surface area (Å²) in [4.78, 5) is 14.1. The zero-order valence-corrected chi connectivity index (χ0v) is 25.9. The summed E-state index contributed by atoms with van der Waals surface area (Å²) in [6.07, 6.45) is 3.28. The van der Waals surface area contributed by atoms with Crippen LogP contribution in [0.2, 0.25) is 0 Å². The van der Waals surface area contributed by atoms with Crippen LogP contribution in [-0.2, 0) is 10.3 Å². The third-order valence-electron chi connectivity index (χ3n) is 8.15. The number of benzene rings is 2. The Balaban J connectivity index is 0.000000174. The molecule has 5 nitrogen and oxygen atoms in total. The van der Waals surface area contributed by atoms with Gasteiger partial charge >= 0.3 is 6.09 Å². The lowest BCUT2D eigenvalue weighted by atomic mass is 9.80. The summed E-state index contributed by atoms with van der Waals surface area (Å²) in [5.74, 6) is 0.745. The highest BCUT2D eigenvalue weighted by atomic mass is 32.1. The van der Waals surface area contributed by atoms with E-state index in [1.807, 2.05) is 51.2 Å². The van der Waals surface area contributed by atoms with Crippen LogP contribution >= 0.6 is 22.7 Å². The van der Waals surface area contributed by atoms with Crippen molar-refractivity contribution >= 4 is 48.9 Å². The smallest absolute Gasteiger partial charge is 0.410 e. The molecule has 4 atom stereocenters. The number of hydrogen-bond acceptors (Lipinski definition) is 6. The minimum absolute atomic E-state index is 0.0764. The number of thiophene rings is 2. The average molecular weight is 579 g/mol. The average Bonchev–Trinajstić information content (AvgIpc) is 3.57. The highest BCUT2D eigenvalue weighted by Crippen LogP contribution is 2.40. The van der Waals surface area contributed by atoms with E-state index in [9.17, 15) is 9.90 Å². The number of likely N-dealkylation sites (tertiary alicyclic amines) is 1. The van der Waals surface area contributed by atoms with E-state index < -0.39 is 11.2 Å². The van der Waals surface area contributed by atoms with Gasteiger partial charge in [0, 0.05) is 34.4 Å². The van der Waals surface area contributed by atoms with E-state index in [1.54, 1.807) is 21.8 Å². The molecule has 0 spiro atoms. The summed E-state index contributed by atoms with van der Waals surface area (Å²) in [5.41, 5.74) is 1.12. The third kappa shape index (κ3) is 6.38. The van der Waals surface area contributed by atoms with Gasteiger partial charge < -0.3 is 20.1 Å². The highest BCUT2D eigenvalue weighted by Gasteiger charge is 2.41. The molecule has 2 saturated heterocycles. The molecule has 6 rings (SSSR count). The molecule has 0 bridgehead atoms. The lowest BCUT2D eigenvalue weighted by molar-refractivity contribution is -0.0538. The van der Waals surface area contributed by atoms with Crippen LogP contribution in [0.15, 0.2) is 59.3 Å². The SMILES string of the molecule is CC1CC(O)(c2cccc3sccc23)CCN1C(=O)OC(C)(C)C.CC1CC(c2cccc3sccc23)CCN1. The van der Waals surface area contributed by atoms with Gasteiger partial charge in [0.05, 0.1) is 5.60 Å². The van der Waals surface area contributed by atoms with Crippen LogP contribution in [-0.4, -0.2) is 46.9 Å². The van der Waals surface area contributed by atoms with Crippen molar-refractivity contribution in [1.29, 1.82) is 0 Å². The number of rotatable bonds is 2. The van der Waals surface area contributed by atoms with E-state index in [-0.39, 0.29) is 12.1 Å². The Morgan fingerprint density at radius 1 is 1.02 bits per heavy atom. The van der Waals surface area contributed by atoms with Crippen molar-refractivity contribution < 1.29 is 14.6 Å². The Labute approximate surface area is 246 Å². The van der Waals surface area contributed by atoms with Gasteiger partial charge in [-0.2, -0.15) is 0 Å². The van der Waals surface area contributed by atoms with E-state index in [4.69, 9.17) is 4.74 Å². The van der Waals surface area contributed by atoms with Crippen LogP contribution in [0, 0.1) is 0 Å². The maximum absolute atomic E-state index is 12.4. The molecule has 4 aromatic rings. The lowest BCUT2D eigenvalue weighted by Crippen LogP contribution is -2.51. The highest BCUT2D eigenvalue weighted by molar-refractivity contribution is 7.17. The van der Waals surface area contributed by atoms with Crippen LogP contribution in [0.5, 0.6) is 0 Å². The number of carbonyl (C=O) groups is 1. The van der Waals surface area contributed by atoms with Crippen molar-refractivity contribution in [2.45, 2.75) is 89.5 Å². The number of carbonyl (C=O) groups excluding carboxylic acids is 1. The quantitative estimate of drug-likeness (QED) is 0.251. The first-order chi connectivity index (χ1) is 19.0. The number of fused-ring (bicyclic) bond motifs is 2. The van der Waals surface area contributed by atoms with Gasteiger partial charge in [0.1, 0.15) is 5.60 Å². The van der Waals surface area contributed by atoms with Crippen molar-refractivity contribution in [3.63, 3.8) is 0 Å². The van der Waals surface area contributed by atoms with Gasteiger partial charge in [0.25, 0.3) is 0 Å². The Morgan fingerprint density at radius 3 is 2.38 bits per heavy atom. The Hall–Kier alpha value is -2.45. The number of ether oxygens (including phenoxy) is 1. The fraction of sp³-hybridized carbons (Fsp3) is 0.485. The van der Waals surface area contributed by atoms with Gasteiger partial charge in [-0.05, 0) is 123 Å². The summed E-state index contributed by atoms with van der Waals surface area (Å²) in [7, 11) is 0. The molecule has 0 saturated carbocycles. The third-order valence-corrected chi connectivity index (χ3v) is 9.91. The van der Waals surface area contributed by atoms with Gasteiger partial charge in [0.15, 0.2) is 0 Å². The Bertz CT molecular complexity index is 1450. The molecular formula is C33H42N2O3S2. The zero-order valence-electron chi connectivity index (χ0n) is 24.3. The van der Waals surface area contributed by atoms with E-state index in [1.165, 1.54) is 27.6 Å². The molecule has 2 aliphatic rings. The van der Waals surface area contributed by atoms with Crippen molar-refractivity contribution in [2.24, 2.45) is 0 Å². The second-order valence-corrected chi connectivity index (χ2v) is 14.3. The standard InChI is InChI=1S/C19H25NO3S.C14H17NS/c1-13-12-19(22,9-10-20(13)17(21)23-18(2,3)4)15-6-5-7-16-14(15)8-11-24-16;1-10-9-11(5-7-15-10)12-3-2-4-14-13(12)6-8-16-14/h5-8,11,13,22H,9-10,12H2,1-4H3;2-4,6,8,10-11,15H,5,7,9H2,1H3. The van der Waals surface area contributed by atoms with Crippen molar-refractivity contribution in [3.8, 4) is 0 Å². The first-order valence-electron chi connectivity index (χ1n) is 14.4. The van der Waals surface area contributed by atoms with Crippen molar-refractivity contribution in [3.05, 3.63) is 70.4 Å². The summed E-state index contributed by atoms with van der Waals surface area (Å²) in [6.45, 7) is 11.5. The second kappa shape index (κ2) is 11.8. The molecule has 2 aromatic heterocycles. The first kappa shape index (κ1) is 29.1. The molecule has 2 aliphatic heterocycles. The molecule has 1 amide bonds. The minimum atomic E-state index is -0.904. The van der Waals surface area contributed by atoms with Crippen molar-refractivity contribution in [1.82, 2.24) is 10.2 Å². The largest absolute Gasteiger partial charge is 0.444 e. The van der Waals surface area contributed by atoms with Gasteiger partial charge in [-0.25, -0.2) is 4.79 Å². The second-order valence-electron chi connectivity index (χ2n) is 12.4. The normalized spacial score (nSPS) is 25.4. The molecule has 4 heterocycles. The molecular weight excluding hydrogens is 537 g/mol. The molecule has 214 valence electrons. The number of hydrogen-bond donors (Lipinski definition) is 2. The van der Waals surface area contributed by atoms with Gasteiger partial charge in [0.2, 0.25) is 0 Å². The zero-order chi connectivity index (χ0) is 28.5. The fourth-order valence-electron chi connectivity index (χ4n) is 6.25.